The summed E-state index contributed by atoms with van der Waals surface area (Å²) in [5.74, 6) is 1.01. The van der Waals surface area contributed by atoms with Crippen LogP contribution in [-0.4, -0.2) is 11.9 Å². The number of hydrogen-bond acceptors (Lipinski definition) is 2. The molecule has 0 spiro atoms. The molecule has 2 rings (SSSR count). The monoisotopic (exact) mass is 218 g/mol. The number of hydrogen-bond donors (Lipinski definition) is 0. The summed E-state index contributed by atoms with van der Waals surface area (Å²) in [5.41, 5.74) is 2.47. The number of benzene rings is 1. The van der Waals surface area contributed by atoms with Crippen LogP contribution in [0.1, 0.15) is 37.8 Å². The Morgan fingerprint density at radius 3 is 3.00 bits per heavy atom. The molecule has 1 heterocycles. The number of fused-ring (bicyclic) bond motifs is 1. The Balaban J connectivity index is 2.18. The van der Waals surface area contributed by atoms with Crippen molar-refractivity contribution in [3.63, 3.8) is 0 Å². The van der Waals surface area contributed by atoms with Crippen molar-refractivity contribution in [2.75, 3.05) is 0 Å². The van der Waals surface area contributed by atoms with Crippen LogP contribution in [0.5, 0.6) is 5.75 Å². The molecular weight excluding hydrogens is 200 g/mol. The fourth-order valence-electron chi connectivity index (χ4n) is 2.09. The summed E-state index contributed by atoms with van der Waals surface area (Å²) in [6, 6.07) is 6.27. The van der Waals surface area contributed by atoms with E-state index in [2.05, 4.69) is 26.0 Å². The maximum atomic E-state index is 10.3. The highest BCUT2D eigenvalue weighted by atomic mass is 16.5. The second-order valence-electron chi connectivity index (χ2n) is 5.01. The summed E-state index contributed by atoms with van der Waals surface area (Å²) < 4.78 is 5.91. The van der Waals surface area contributed by atoms with Gasteiger partial charge in [0, 0.05) is 6.42 Å². The molecule has 0 aliphatic carbocycles. The fourth-order valence-corrected chi connectivity index (χ4v) is 2.09. The molecule has 16 heavy (non-hydrogen) atoms. The third-order valence-electron chi connectivity index (χ3n) is 3.06. The fraction of sp³-hybridized carbons (Fsp3) is 0.500. The molecule has 0 N–H and O–H groups in total. The van der Waals surface area contributed by atoms with E-state index < -0.39 is 0 Å². The number of ether oxygens (including phenoxy) is 1. The molecule has 0 atom stereocenters. The second kappa shape index (κ2) is 4.28. The number of aryl methyl sites for hydroxylation is 2. The molecule has 1 aliphatic rings. The van der Waals surface area contributed by atoms with E-state index in [9.17, 15) is 4.79 Å². The average molecular weight is 218 g/mol. The molecule has 1 aromatic rings. The summed E-state index contributed by atoms with van der Waals surface area (Å²) in [5, 5.41) is 0. The van der Waals surface area contributed by atoms with E-state index in [-0.39, 0.29) is 5.60 Å². The van der Waals surface area contributed by atoms with Crippen LogP contribution in [0.25, 0.3) is 0 Å². The molecule has 2 nitrogen and oxygen atoms in total. The molecule has 0 aromatic heterocycles. The largest absolute Gasteiger partial charge is 0.488 e. The first-order valence-electron chi connectivity index (χ1n) is 5.85. The van der Waals surface area contributed by atoms with Crippen molar-refractivity contribution >= 4 is 6.29 Å². The molecule has 1 aliphatic heterocycles. The van der Waals surface area contributed by atoms with E-state index in [0.29, 0.717) is 6.42 Å². The van der Waals surface area contributed by atoms with Crippen LogP contribution in [0.15, 0.2) is 18.2 Å². The Kier molecular flexibility index (Phi) is 2.99. The molecular formula is C14H18O2. The van der Waals surface area contributed by atoms with Crippen molar-refractivity contribution in [1.29, 1.82) is 0 Å². The van der Waals surface area contributed by atoms with Gasteiger partial charge in [-0.3, -0.25) is 0 Å². The SMILES string of the molecule is CC1(C)CCc2cc(CCC=O)ccc2O1. The molecule has 0 amide bonds. The van der Waals surface area contributed by atoms with Gasteiger partial charge in [-0.1, -0.05) is 12.1 Å². The van der Waals surface area contributed by atoms with Crippen molar-refractivity contribution < 1.29 is 9.53 Å². The van der Waals surface area contributed by atoms with Crippen molar-refractivity contribution in [3.05, 3.63) is 29.3 Å². The maximum Gasteiger partial charge on any atom is 0.123 e. The molecule has 0 unspecified atom stereocenters. The van der Waals surface area contributed by atoms with E-state index in [4.69, 9.17) is 4.74 Å². The Morgan fingerprint density at radius 1 is 1.44 bits per heavy atom. The highest BCUT2D eigenvalue weighted by Gasteiger charge is 2.26. The Morgan fingerprint density at radius 2 is 2.25 bits per heavy atom. The summed E-state index contributed by atoms with van der Waals surface area (Å²) >= 11 is 0. The van der Waals surface area contributed by atoms with Gasteiger partial charge in [0.05, 0.1) is 0 Å². The molecule has 2 heteroatoms. The lowest BCUT2D eigenvalue weighted by Gasteiger charge is -2.32. The maximum absolute atomic E-state index is 10.3. The van der Waals surface area contributed by atoms with Gasteiger partial charge in [-0.2, -0.15) is 0 Å². The number of rotatable bonds is 3. The quantitative estimate of drug-likeness (QED) is 0.729. The van der Waals surface area contributed by atoms with Gasteiger partial charge in [-0.15, -0.1) is 0 Å². The second-order valence-corrected chi connectivity index (χ2v) is 5.01. The zero-order chi connectivity index (χ0) is 11.6. The predicted molar refractivity (Wildman–Crippen MR) is 63.9 cm³/mol. The van der Waals surface area contributed by atoms with E-state index >= 15 is 0 Å². The van der Waals surface area contributed by atoms with Crippen LogP contribution >= 0.6 is 0 Å². The highest BCUT2D eigenvalue weighted by Crippen LogP contribution is 2.33. The van der Waals surface area contributed by atoms with Gasteiger partial charge in [0.1, 0.15) is 17.6 Å². The Bertz CT molecular complexity index is 394. The Labute approximate surface area is 96.6 Å². The van der Waals surface area contributed by atoms with Crippen molar-refractivity contribution in [2.45, 2.75) is 45.1 Å². The lowest BCUT2D eigenvalue weighted by atomic mass is 9.93. The summed E-state index contributed by atoms with van der Waals surface area (Å²) in [6.45, 7) is 4.24. The van der Waals surface area contributed by atoms with Gasteiger partial charge in [0.25, 0.3) is 0 Å². The van der Waals surface area contributed by atoms with Gasteiger partial charge in [0.15, 0.2) is 0 Å². The third-order valence-corrected chi connectivity index (χ3v) is 3.06. The molecule has 0 radical (unpaired) electrons. The summed E-state index contributed by atoms with van der Waals surface area (Å²) in [4.78, 5) is 10.3. The number of carbonyl (C=O) groups is 1. The molecule has 0 bridgehead atoms. The van der Waals surface area contributed by atoms with Crippen LogP contribution in [0, 0.1) is 0 Å². The van der Waals surface area contributed by atoms with Gasteiger partial charge < -0.3 is 9.53 Å². The van der Waals surface area contributed by atoms with E-state index in [0.717, 1.165) is 31.3 Å². The van der Waals surface area contributed by atoms with Crippen LogP contribution in [-0.2, 0) is 17.6 Å². The molecule has 0 fully saturated rings. The molecule has 0 saturated carbocycles. The minimum Gasteiger partial charge on any atom is -0.488 e. The van der Waals surface area contributed by atoms with E-state index in [1.807, 2.05) is 6.07 Å². The van der Waals surface area contributed by atoms with E-state index in [1.54, 1.807) is 0 Å². The topological polar surface area (TPSA) is 26.3 Å². The number of carbonyl (C=O) groups excluding carboxylic acids is 1. The summed E-state index contributed by atoms with van der Waals surface area (Å²) in [7, 11) is 0. The van der Waals surface area contributed by atoms with Gasteiger partial charge in [-0.25, -0.2) is 0 Å². The van der Waals surface area contributed by atoms with Crippen LogP contribution < -0.4 is 4.74 Å². The Hall–Kier alpha value is -1.31. The minimum absolute atomic E-state index is 0.0443. The van der Waals surface area contributed by atoms with E-state index in [1.165, 1.54) is 11.1 Å². The minimum atomic E-state index is -0.0443. The van der Waals surface area contributed by atoms with Crippen LogP contribution in [0.3, 0.4) is 0 Å². The van der Waals surface area contributed by atoms with Gasteiger partial charge >= 0.3 is 0 Å². The predicted octanol–water partition coefficient (Wildman–Crippen LogP) is 2.92. The van der Waals surface area contributed by atoms with Crippen LogP contribution in [0.4, 0.5) is 0 Å². The first-order chi connectivity index (χ1) is 7.61. The molecule has 1 aromatic carbocycles. The van der Waals surface area contributed by atoms with Gasteiger partial charge in [0.2, 0.25) is 0 Å². The first-order valence-corrected chi connectivity index (χ1v) is 5.85. The zero-order valence-electron chi connectivity index (χ0n) is 9.95. The summed E-state index contributed by atoms with van der Waals surface area (Å²) in [6.07, 6.45) is 4.53. The number of aldehydes is 1. The zero-order valence-corrected chi connectivity index (χ0v) is 9.95. The van der Waals surface area contributed by atoms with Crippen LogP contribution in [0.2, 0.25) is 0 Å². The van der Waals surface area contributed by atoms with Crippen molar-refractivity contribution in [3.8, 4) is 5.75 Å². The lowest BCUT2D eigenvalue weighted by Crippen LogP contribution is -2.32. The molecule has 0 saturated heterocycles. The lowest BCUT2D eigenvalue weighted by molar-refractivity contribution is -0.107. The van der Waals surface area contributed by atoms with Crippen molar-refractivity contribution in [2.24, 2.45) is 0 Å². The average Bonchev–Trinajstić information content (AvgIpc) is 2.25. The standard InChI is InChI=1S/C14H18O2/c1-14(2)8-7-12-10-11(4-3-9-15)5-6-13(12)16-14/h5-6,9-10H,3-4,7-8H2,1-2H3. The van der Waals surface area contributed by atoms with Gasteiger partial charge in [-0.05, 0) is 50.3 Å². The smallest absolute Gasteiger partial charge is 0.123 e. The normalized spacial score (nSPS) is 17.4. The molecule has 86 valence electrons. The third kappa shape index (κ3) is 2.43. The first kappa shape index (κ1) is 11.2. The highest BCUT2D eigenvalue weighted by molar-refractivity contribution is 5.50. The van der Waals surface area contributed by atoms with Crippen molar-refractivity contribution in [1.82, 2.24) is 0 Å².